The van der Waals surface area contributed by atoms with E-state index in [-0.39, 0.29) is 117 Å². The number of nitrogens with zero attached hydrogens (tertiary/aromatic N) is 5. The number of halogens is 5. The first kappa shape index (κ1) is 111. The van der Waals surface area contributed by atoms with Crippen molar-refractivity contribution in [2.45, 2.75) is 19.4 Å². The van der Waals surface area contributed by atoms with E-state index in [2.05, 4.69) is 135 Å². The first-order valence-electron chi connectivity index (χ1n) is 43.3. The Morgan fingerprint density at radius 2 is 0.565 bits per heavy atom. The molecule has 21 nitrogen and oxygen atoms in total. The Morgan fingerprint density at radius 3 is 0.817 bits per heavy atom. The molecule has 0 saturated heterocycles. The maximum absolute atomic E-state index is 13.1. The Kier molecular flexibility index (Phi) is 42.0. The van der Waals surface area contributed by atoms with Gasteiger partial charge in [-0.1, -0.05) is 189 Å². The zero-order valence-corrected chi connectivity index (χ0v) is 82.6. The molecule has 0 atom stereocenters. The van der Waals surface area contributed by atoms with E-state index in [1.54, 1.807) is 28.3 Å². The summed E-state index contributed by atoms with van der Waals surface area (Å²) in [5.74, 6) is 0.490. The molecule has 15 rings (SSSR count). The van der Waals surface area contributed by atoms with Crippen molar-refractivity contribution in [3.05, 3.63) is 278 Å². The molecule has 27 heteroatoms. The van der Waals surface area contributed by atoms with E-state index in [1.807, 2.05) is 160 Å². The molecule has 5 aliphatic rings. The lowest BCUT2D eigenvalue weighted by molar-refractivity contribution is -0.885. The number of rotatable bonds is 36. The lowest BCUT2D eigenvalue weighted by Crippen LogP contribution is -3.00. The van der Waals surface area contributed by atoms with Crippen molar-refractivity contribution in [3.63, 3.8) is 0 Å². The fraction of sp³-hybridized carbons (Fsp3) is 0.346. The molecule has 0 unspecified atom stereocenters. The van der Waals surface area contributed by atoms with Crippen molar-refractivity contribution in [2.24, 2.45) is 0 Å². The highest BCUT2D eigenvalue weighted by atomic mass is 35.5. The quantitative estimate of drug-likeness (QED) is 0.0168. The lowest BCUT2D eigenvalue weighted by atomic mass is 9.87. The zero-order valence-electron chi connectivity index (χ0n) is 77.8. The number of carbonyl (C=O) groups is 6. The third kappa shape index (κ3) is 28.5. The van der Waals surface area contributed by atoms with Crippen molar-refractivity contribution >= 4 is 128 Å². The maximum Gasteiger partial charge on any atom is 0.500 e. The summed E-state index contributed by atoms with van der Waals surface area (Å²) in [5.41, 5.74) is 14.3. The number of quaternary nitrogens is 5. The first-order valence-corrected chi connectivity index (χ1v) is 45.2. The molecule has 0 heterocycles. The summed E-state index contributed by atoms with van der Waals surface area (Å²) in [6, 6.07) is 61.1. The Labute approximate surface area is 804 Å². The van der Waals surface area contributed by atoms with Gasteiger partial charge in [0.2, 0.25) is 5.91 Å². The Bertz CT molecular complexity index is 5870. The minimum Gasteiger partial charge on any atom is -1.00 e. The second-order valence-electron chi connectivity index (χ2n) is 36.3. The number of nitrogens with one attached hydrogen (secondary N) is 1. The van der Waals surface area contributed by atoms with Crippen LogP contribution in [0.4, 0.5) is 0 Å². The summed E-state index contributed by atoms with van der Waals surface area (Å²) in [5, 5.41) is 40.3. The Hall–Kier alpha value is -9.13. The van der Waals surface area contributed by atoms with E-state index in [1.165, 1.54) is 0 Å². The molecule has 1 amide bonds. The first-order chi connectivity index (χ1) is 60.2. The molecule has 0 aromatic heterocycles. The van der Waals surface area contributed by atoms with E-state index in [4.69, 9.17) is 42.8 Å². The van der Waals surface area contributed by atoms with Crippen LogP contribution in [-0.4, -0.2) is 305 Å². The predicted octanol–water partition coefficient (Wildman–Crippen LogP) is -0.513. The summed E-state index contributed by atoms with van der Waals surface area (Å²) >= 11 is 0. The van der Waals surface area contributed by atoms with E-state index in [0.29, 0.717) is 109 Å². The van der Waals surface area contributed by atoms with Gasteiger partial charge in [-0.3, -0.25) is 28.8 Å². The second kappa shape index (κ2) is 49.7. The van der Waals surface area contributed by atoms with Gasteiger partial charge in [0.25, 0.3) is 0 Å². The summed E-state index contributed by atoms with van der Waals surface area (Å²) < 4.78 is 36.0. The highest BCUT2D eigenvalue weighted by Gasteiger charge is 2.39. The predicted molar refractivity (Wildman–Crippen MR) is 508 cm³/mol. The summed E-state index contributed by atoms with van der Waals surface area (Å²) in [6.07, 6.45) is 11.1. The van der Waals surface area contributed by atoms with Crippen molar-refractivity contribution in [3.8, 4) is 0 Å². The van der Waals surface area contributed by atoms with Gasteiger partial charge in [-0.15, -0.1) is 0 Å². The van der Waals surface area contributed by atoms with E-state index < -0.39 is 8.80 Å². The van der Waals surface area contributed by atoms with Gasteiger partial charge in [0.15, 0.2) is 28.9 Å². The number of carbonyl (C=O) groups excluding carboxylic acids is 6. The molecule has 0 radical (unpaired) electrons. The minimum atomic E-state index is -2.55. The number of benzene rings is 10. The molecule has 4 N–H and O–H groups in total. The van der Waals surface area contributed by atoms with Crippen LogP contribution in [0.2, 0.25) is 6.04 Å². The minimum absolute atomic E-state index is 0. The van der Waals surface area contributed by atoms with Crippen LogP contribution >= 0.6 is 0 Å². The molecule has 5 aliphatic carbocycles. The molecule has 0 bridgehead atoms. The SMILES string of the molecule is C=C(C)C(=O)NCC[N+](C)(C)CC1=Cc2cccc3cccc(c23)C1=O.CO[Si](CCC[N+](C)(C)CC1=Cc2cccc3cccc(c23)C1=O)(OC)OC.C[N+](C)(CCO)CC1=Cc2cccc3cccc(c23)C1=O.C[N+](C)(CCOCCO)CC1=Cc2cccc3cccc(c23)C1=O.C[N+](C)(CCOCCOCCO)CC1=Cc2cccc3cccc(c23)C1=O.[Cl-].[Cl-].[Cl-].[Cl-].[Cl-]. The van der Waals surface area contributed by atoms with Gasteiger partial charge < -0.3 is 133 Å². The number of hydrogen-bond donors (Lipinski definition) is 4. The van der Waals surface area contributed by atoms with Gasteiger partial charge in [-0.2, -0.15) is 0 Å². The van der Waals surface area contributed by atoms with E-state index >= 15 is 0 Å². The molecule has 131 heavy (non-hydrogen) atoms. The van der Waals surface area contributed by atoms with Crippen LogP contribution in [0.25, 0.3) is 84.2 Å². The smallest absolute Gasteiger partial charge is 0.500 e. The molecule has 0 aliphatic heterocycles. The number of amides is 1. The molecular formula is C104H127Cl5N6O15Si. The van der Waals surface area contributed by atoms with Crippen molar-refractivity contribution < 1.29 is 156 Å². The van der Waals surface area contributed by atoms with E-state index in [0.717, 1.165) is 180 Å². The molecule has 10 aromatic rings. The molecule has 0 fully saturated rings. The van der Waals surface area contributed by atoms with Gasteiger partial charge in [-0.25, -0.2) is 0 Å². The van der Waals surface area contributed by atoms with Crippen LogP contribution in [0, 0.1) is 0 Å². The monoisotopic (exact) mass is 1900 g/mol. The van der Waals surface area contributed by atoms with E-state index in [9.17, 15) is 28.8 Å². The number of aliphatic hydroxyl groups excluding tert-OH is 3. The third-order valence-corrected chi connectivity index (χ3v) is 26.6. The van der Waals surface area contributed by atoms with Crippen LogP contribution in [-0.2, 0) is 32.3 Å². The van der Waals surface area contributed by atoms with Crippen molar-refractivity contribution in [2.75, 3.05) is 223 Å². The maximum atomic E-state index is 13.1. The fourth-order valence-corrected chi connectivity index (χ4v) is 18.9. The average molecular weight is 1910 g/mol. The van der Waals surface area contributed by atoms with Gasteiger partial charge >= 0.3 is 8.80 Å². The number of ether oxygens (including phenoxy) is 3. The van der Waals surface area contributed by atoms with Gasteiger partial charge in [-0.05, 0) is 92.1 Å². The summed E-state index contributed by atoms with van der Waals surface area (Å²) in [6.45, 7) is 16.1. The van der Waals surface area contributed by atoms with Gasteiger partial charge in [0.1, 0.15) is 52.4 Å². The van der Waals surface area contributed by atoms with Crippen LogP contribution in [0.15, 0.2) is 222 Å². The van der Waals surface area contributed by atoms with Crippen molar-refractivity contribution in [1.82, 2.24) is 5.32 Å². The molecule has 702 valence electrons. The number of ketones is 5. The van der Waals surface area contributed by atoms with Crippen molar-refractivity contribution in [1.29, 1.82) is 0 Å². The van der Waals surface area contributed by atoms with Crippen LogP contribution in [0.5, 0.6) is 0 Å². The highest BCUT2D eigenvalue weighted by molar-refractivity contribution is 6.60. The molecule has 0 spiro atoms. The summed E-state index contributed by atoms with van der Waals surface area (Å²) in [4.78, 5) is 76.4. The largest absolute Gasteiger partial charge is 1.00 e. The topological polar surface area (TPSA) is 231 Å². The number of Topliss-reactive ketones (excluding diaryl/α,β-unsaturated/α-hetero) is 5. The molecular weight excluding hydrogens is 1780 g/mol. The summed E-state index contributed by atoms with van der Waals surface area (Å²) in [7, 11) is 23.3. The fourth-order valence-electron chi connectivity index (χ4n) is 17.2. The average Bonchev–Trinajstić information content (AvgIpc) is 0.782. The number of aliphatic hydroxyl groups is 3. The Morgan fingerprint density at radius 1 is 0.328 bits per heavy atom. The standard InChI is InChI=1S/C22H24N2O2.C22H30NO4Si.C22H28NO4.C20H24NO3.C18H20NO2.5ClH/c1-15(2)22(26)23-11-12-24(3,4)14-18-13-17-9-5-7-16-8-6-10-19(20(16)17)21(18)25;1-23(2,13-8-14-28(25-3,26-4)27-5)16-19-15-18-11-6-9-17-10-7-12-20(21(17)18)22(19)24;1-23(2,9-11-26-13-14-27-12-10-24)16-19-15-18-7-3-5-17-6-4-8-20(21(17)18)22(19)25;1-21(2,9-11-24-12-10-22)14-17-13-16-7-3-5-15-6-4-8-18(19(15)16)20(17)23;1-19(2,9-10-20)12-15-11-14-7-3-5-13-6-4-8-16(17(13)14)18(15)21;;;;;/h5-10,13H,1,11-12,14H2,2-4H3;6-7,9-12,15H,8,13-14,16H2,1-5H3;3-8,15,24H,9-14,16H2,1-2H3;3-8,13,22H,9-12,14H2,1-2H3;3-8,11,20H,9-10,12H2,1-2H3;5*1H/q;4*+1;;;;;/p-4. The third-order valence-electron chi connectivity index (χ3n) is 23.8. The van der Waals surface area contributed by atoms with Gasteiger partial charge in [0, 0.05) is 94.1 Å². The Balaban J connectivity index is 0.000000250. The van der Waals surface area contributed by atoms with Crippen LogP contribution in [0.1, 0.15) is 93.0 Å². The zero-order chi connectivity index (χ0) is 90.7. The van der Waals surface area contributed by atoms with Crippen LogP contribution in [0.3, 0.4) is 0 Å². The molecule has 0 saturated carbocycles. The highest BCUT2D eigenvalue weighted by Crippen LogP contribution is 2.38. The number of likely N-dealkylation sites (N-methyl/N-ethyl adjacent to an activating group) is 5. The second-order valence-corrected chi connectivity index (χ2v) is 39.4. The normalized spacial score (nSPS) is 13.5. The molecule has 10 aromatic carbocycles. The number of hydrogen-bond acceptors (Lipinski definition) is 15. The lowest BCUT2D eigenvalue weighted by Gasteiger charge is -2.32. The van der Waals surface area contributed by atoms with Crippen LogP contribution < -0.4 is 67.4 Å². The van der Waals surface area contributed by atoms with Gasteiger partial charge in [0.05, 0.1) is 177 Å².